The van der Waals surface area contributed by atoms with Crippen molar-refractivity contribution in [3.63, 3.8) is 0 Å². The molecule has 0 spiro atoms. The smallest absolute Gasteiger partial charge is 0.416 e. The number of benzene rings is 1. The van der Waals surface area contributed by atoms with Gasteiger partial charge in [-0.2, -0.15) is 0 Å². The average Bonchev–Trinajstić information content (AvgIpc) is 3.53. The molecule has 0 bridgehead atoms. The summed E-state index contributed by atoms with van der Waals surface area (Å²) in [5, 5.41) is 12.0. The molecule has 3 heterocycles. The van der Waals surface area contributed by atoms with Crippen LogP contribution in [0.1, 0.15) is 73.1 Å². The highest BCUT2D eigenvalue weighted by Crippen LogP contribution is 2.42. The minimum Gasteiger partial charge on any atom is -0.497 e. The van der Waals surface area contributed by atoms with E-state index in [-0.39, 0.29) is 47.1 Å². The predicted octanol–water partition coefficient (Wildman–Crippen LogP) is 6.77. The van der Waals surface area contributed by atoms with Crippen LogP contribution < -0.4 is 9.64 Å². The van der Waals surface area contributed by atoms with Crippen LogP contribution >= 0.6 is 0 Å². The number of imidazole rings is 1. The summed E-state index contributed by atoms with van der Waals surface area (Å²) in [5.74, 6) is 0.484. The fourth-order valence-electron chi connectivity index (χ4n) is 4.85. The van der Waals surface area contributed by atoms with Crippen LogP contribution in [0.15, 0.2) is 30.9 Å². The van der Waals surface area contributed by atoms with E-state index in [0.29, 0.717) is 23.3 Å². The van der Waals surface area contributed by atoms with Crippen LogP contribution in [0.3, 0.4) is 0 Å². The van der Waals surface area contributed by atoms with Crippen molar-refractivity contribution in [1.82, 2.24) is 19.5 Å². The zero-order valence-electron chi connectivity index (χ0n) is 27.3. The maximum absolute atomic E-state index is 13.6. The number of anilines is 1. The minimum absolute atomic E-state index is 0.0529. The zero-order chi connectivity index (χ0) is 32.6. The first kappa shape index (κ1) is 33.3. The van der Waals surface area contributed by atoms with Gasteiger partial charge in [0.25, 0.3) is 5.69 Å². The number of carbonyl (C=O) groups excluding carboxylic acids is 1. The van der Waals surface area contributed by atoms with Crippen molar-refractivity contribution < 1.29 is 28.4 Å². The maximum Gasteiger partial charge on any atom is 0.416 e. The number of nitro benzene ring substituents is 1. The normalized spacial score (nSPS) is 19.3. The number of ether oxygens (including phenoxy) is 3. The lowest BCUT2D eigenvalue weighted by Gasteiger charge is -2.39. The molecule has 3 atom stereocenters. The first-order valence-corrected chi connectivity index (χ1v) is 17.7. The summed E-state index contributed by atoms with van der Waals surface area (Å²) in [6, 6.07) is 4.46. The molecule has 1 fully saturated rings. The second kappa shape index (κ2) is 12.4. The standard InChI is InChI=1S/C30H44N6O7Si/c1-11-22-23(43-44(9,10)30(5,6)7)15-24(41-22)35-18-33-25-26(31-17-32-27(25)35)34(28(37)42-29(2,3)4)16-19-12-13-20(40-8)14-21(19)36(38)39/h12-14,17-18,22-24H,11,15-16H2,1-10H3/t22-,23?,24-/m1/s1. The van der Waals surface area contributed by atoms with Crippen molar-refractivity contribution in [2.45, 2.75) is 110 Å². The van der Waals surface area contributed by atoms with E-state index in [4.69, 9.17) is 18.6 Å². The molecule has 1 aliphatic rings. The van der Waals surface area contributed by atoms with E-state index < -0.39 is 24.9 Å². The third-order valence-corrected chi connectivity index (χ3v) is 12.7. The molecule has 0 N–H and O–H groups in total. The second-order valence-electron chi connectivity index (χ2n) is 13.5. The summed E-state index contributed by atoms with van der Waals surface area (Å²) in [4.78, 5) is 39.8. The van der Waals surface area contributed by atoms with Crippen molar-refractivity contribution in [2.24, 2.45) is 0 Å². The monoisotopic (exact) mass is 628 g/mol. The summed E-state index contributed by atoms with van der Waals surface area (Å²) in [7, 11) is -0.624. The lowest BCUT2D eigenvalue weighted by atomic mass is 10.1. The first-order valence-electron chi connectivity index (χ1n) is 14.8. The van der Waals surface area contributed by atoms with Crippen molar-refractivity contribution in [3.05, 3.63) is 46.5 Å². The number of methoxy groups -OCH3 is 1. The molecular weight excluding hydrogens is 584 g/mol. The Morgan fingerprint density at radius 2 is 1.89 bits per heavy atom. The lowest BCUT2D eigenvalue weighted by Crippen LogP contribution is -2.45. The summed E-state index contributed by atoms with van der Waals surface area (Å²) in [6.45, 7) is 18.2. The summed E-state index contributed by atoms with van der Waals surface area (Å²) < 4.78 is 26.0. The summed E-state index contributed by atoms with van der Waals surface area (Å²) in [5.41, 5.74) is 0.0222. The number of hydrogen-bond donors (Lipinski definition) is 0. The van der Waals surface area contributed by atoms with Gasteiger partial charge in [0.15, 0.2) is 25.3 Å². The Morgan fingerprint density at radius 1 is 1.18 bits per heavy atom. The van der Waals surface area contributed by atoms with Gasteiger partial charge < -0.3 is 18.6 Å². The number of hydrogen-bond acceptors (Lipinski definition) is 10. The fraction of sp³-hybridized carbons (Fsp3) is 0.600. The number of amides is 1. The van der Waals surface area contributed by atoms with E-state index in [9.17, 15) is 14.9 Å². The summed E-state index contributed by atoms with van der Waals surface area (Å²) >= 11 is 0. The van der Waals surface area contributed by atoms with Crippen molar-refractivity contribution in [1.29, 1.82) is 0 Å². The van der Waals surface area contributed by atoms with Crippen LogP contribution in [-0.2, 0) is 20.4 Å². The molecule has 4 rings (SSSR count). The van der Waals surface area contributed by atoms with E-state index in [1.807, 2.05) is 4.57 Å². The largest absolute Gasteiger partial charge is 0.497 e. The molecule has 240 valence electrons. The third kappa shape index (κ3) is 7.02. The Labute approximate surface area is 259 Å². The van der Waals surface area contributed by atoms with Crippen molar-refractivity contribution in [2.75, 3.05) is 12.0 Å². The molecule has 1 unspecified atom stereocenters. The quantitative estimate of drug-likeness (QED) is 0.141. The van der Waals surface area contributed by atoms with Crippen molar-refractivity contribution in [3.8, 4) is 5.75 Å². The van der Waals surface area contributed by atoms with Gasteiger partial charge in [-0.15, -0.1) is 0 Å². The van der Waals surface area contributed by atoms with Crippen LogP contribution in [0.25, 0.3) is 11.2 Å². The number of fused-ring (bicyclic) bond motifs is 1. The molecule has 1 amide bonds. The van der Waals surface area contributed by atoms with Crippen LogP contribution in [0.5, 0.6) is 5.75 Å². The zero-order valence-corrected chi connectivity index (χ0v) is 28.3. The first-order chi connectivity index (χ1) is 20.5. The number of nitrogens with zero attached hydrogens (tertiary/aromatic N) is 6. The minimum atomic E-state index is -2.05. The van der Waals surface area contributed by atoms with E-state index >= 15 is 0 Å². The van der Waals surface area contributed by atoms with Gasteiger partial charge in [0, 0.05) is 6.42 Å². The van der Waals surface area contributed by atoms with Gasteiger partial charge in [0.2, 0.25) is 0 Å². The van der Waals surface area contributed by atoms with Gasteiger partial charge >= 0.3 is 6.09 Å². The van der Waals surface area contributed by atoms with Gasteiger partial charge in [0.05, 0.1) is 48.7 Å². The van der Waals surface area contributed by atoms with Gasteiger partial charge in [-0.1, -0.05) is 27.7 Å². The Bertz CT molecular complexity index is 1510. The lowest BCUT2D eigenvalue weighted by molar-refractivity contribution is -0.385. The SMILES string of the molecule is CC[C@H]1O[C@@H](n2cnc3c(N(Cc4ccc(OC)cc4[N+](=O)[O-])C(=O)OC(C)(C)C)ncnc32)CC1O[Si](C)(C)C(C)(C)C. The van der Waals surface area contributed by atoms with E-state index in [1.165, 1.54) is 24.4 Å². The fourth-order valence-corrected chi connectivity index (χ4v) is 6.21. The summed E-state index contributed by atoms with van der Waals surface area (Å²) in [6.07, 6.45) is 3.06. The van der Waals surface area contributed by atoms with Crippen LogP contribution in [0, 0.1) is 10.1 Å². The third-order valence-electron chi connectivity index (χ3n) is 8.17. The molecule has 3 aromatic rings. The van der Waals surface area contributed by atoms with E-state index in [2.05, 4.69) is 55.7 Å². The van der Waals surface area contributed by atoms with Crippen LogP contribution in [0.4, 0.5) is 16.3 Å². The molecule has 14 heteroatoms. The molecule has 1 aromatic carbocycles. The molecule has 0 radical (unpaired) electrons. The molecule has 0 saturated carbocycles. The Kier molecular flexibility index (Phi) is 9.38. The Morgan fingerprint density at radius 3 is 2.48 bits per heavy atom. The maximum atomic E-state index is 13.6. The number of rotatable bonds is 9. The topological polar surface area (TPSA) is 144 Å². The Hall–Kier alpha value is -3.62. The van der Waals surface area contributed by atoms with Crippen LogP contribution in [0.2, 0.25) is 18.1 Å². The molecule has 0 aliphatic carbocycles. The average molecular weight is 629 g/mol. The van der Waals surface area contributed by atoms with Gasteiger partial charge in [-0.25, -0.2) is 19.7 Å². The van der Waals surface area contributed by atoms with Gasteiger partial charge in [0.1, 0.15) is 23.9 Å². The molecule has 2 aromatic heterocycles. The number of nitro groups is 1. The molecule has 13 nitrogen and oxygen atoms in total. The molecule has 1 aliphatic heterocycles. The van der Waals surface area contributed by atoms with Crippen LogP contribution in [-0.4, -0.2) is 63.8 Å². The van der Waals surface area contributed by atoms with E-state index in [0.717, 1.165) is 6.42 Å². The van der Waals surface area contributed by atoms with Gasteiger partial charge in [-0.3, -0.25) is 19.6 Å². The molecule has 1 saturated heterocycles. The van der Waals surface area contributed by atoms with Crippen molar-refractivity contribution >= 4 is 37.1 Å². The second-order valence-corrected chi connectivity index (χ2v) is 18.3. The highest BCUT2D eigenvalue weighted by Gasteiger charge is 2.45. The highest BCUT2D eigenvalue weighted by atomic mass is 28.4. The molecule has 44 heavy (non-hydrogen) atoms. The van der Waals surface area contributed by atoms with E-state index in [1.54, 1.807) is 39.2 Å². The molecular formula is C30H44N6O7Si. The van der Waals surface area contributed by atoms with Gasteiger partial charge in [-0.05, 0) is 57.5 Å². The number of aromatic nitrogens is 4. The highest BCUT2D eigenvalue weighted by molar-refractivity contribution is 6.74. The predicted molar refractivity (Wildman–Crippen MR) is 168 cm³/mol. The number of carbonyl (C=O) groups is 1. The Balaban J connectivity index is 1.73.